The Hall–Kier alpha value is -1.18. The van der Waals surface area contributed by atoms with Crippen molar-refractivity contribution in [1.29, 1.82) is 0 Å². The summed E-state index contributed by atoms with van der Waals surface area (Å²) in [6.45, 7) is 5.00. The van der Waals surface area contributed by atoms with Crippen molar-refractivity contribution in [3.8, 4) is 0 Å². The third kappa shape index (κ3) is 3.42. The molecule has 0 saturated carbocycles. The highest BCUT2D eigenvalue weighted by Gasteiger charge is 2.27. The third-order valence-electron chi connectivity index (χ3n) is 4.12. The number of likely N-dealkylation sites (tertiary alicyclic amines) is 1. The quantitative estimate of drug-likeness (QED) is 0.930. The van der Waals surface area contributed by atoms with Crippen LogP contribution >= 0.6 is 11.3 Å². The van der Waals surface area contributed by atoms with Gasteiger partial charge < -0.3 is 0 Å². The summed E-state index contributed by atoms with van der Waals surface area (Å²) in [4.78, 5) is 5.46. The molecule has 1 aliphatic heterocycles. The van der Waals surface area contributed by atoms with Crippen LogP contribution in [-0.4, -0.2) is 42.9 Å². The molecule has 120 valence electrons. The molecular weight excluding hydrogens is 318 g/mol. The minimum absolute atomic E-state index is 0.210. The maximum atomic E-state index is 11.9. The zero-order valence-electron chi connectivity index (χ0n) is 12.9. The topological polar surface area (TPSA) is 66.1 Å². The normalized spacial score (nSPS) is 20.4. The Kier molecular flexibility index (Phi) is 4.38. The average Bonchev–Trinajstić information content (AvgIpc) is 3.07. The van der Waals surface area contributed by atoms with Crippen LogP contribution in [0.25, 0.3) is 0 Å². The number of aromatic nitrogens is 2. The molecule has 1 N–H and O–H groups in total. The first kappa shape index (κ1) is 15.7. The van der Waals surface area contributed by atoms with E-state index in [-0.39, 0.29) is 5.92 Å². The van der Waals surface area contributed by atoms with Gasteiger partial charge in [-0.3, -0.25) is 10.00 Å². The highest BCUT2D eigenvalue weighted by atomic mass is 32.2. The van der Waals surface area contributed by atoms with Crippen LogP contribution in [0.2, 0.25) is 0 Å². The molecule has 22 heavy (non-hydrogen) atoms. The van der Waals surface area contributed by atoms with Gasteiger partial charge in [0, 0.05) is 35.0 Å². The molecule has 5 nitrogen and oxygen atoms in total. The lowest BCUT2D eigenvalue weighted by molar-refractivity contribution is 0.199. The molecule has 1 fully saturated rings. The summed E-state index contributed by atoms with van der Waals surface area (Å²) in [6, 6.07) is 4.33. The smallest absolute Gasteiger partial charge is 0.178 e. The predicted molar refractivity (Wildman–Crippen MR) is 88.0 cm³/mol. The van der Waals surface area contributed by atoms with Crippen molar-refractivity contribution in [2.75, 3.05) is 19.3 Å². The number of hydrogen-bond acceptors (Lipinski definition) is 5. The van der Waals surface area contributed by atoms with E-state index in [9.17, 15) is 8.42 Å². The van der Waals surface area contributed by atoms with E-state index < -0.39 is 9.84 Å². The highest BCUT2D eigenvalue weighted by Crippen LogP contribution is 2.31. The molecule has 0 aromatic carbocycles. The van der Waals surface area contributed by atoms with Crippen molar-refractivity contribution in [3.63, 3.8) is 0 Å². The standard InChI is InChI=1S/C15H21N3O2S2/c1-11-5-6-13(21-11)10-18-7-3-4-12(9-18)15-14(8-16-17-15)22(2,19)20/h5-6,8,12H,3-4,7,9-10H2,1-2H3,(H,16,17)/t12-/m1/s1. The van der Waals surface area contributed by atoms with Gasteiger partial charge in [-0.05, 0) is 38.4 Å². The minimum Gasteiger partial charge on any atom is -0.298 e. The van der Waals surface area contributed by atoms with Crippen LogP contribution in [0.1, 0.15) is 34.2 Å². The van der Waals surface area contributed by atoms with Crippen molar-refractivity contribution in [2.24, 2.45) is 0 Å². The van der Waals surface area contributed by atoms with E-state index in [1.54, 1.807) is 0 Å². The molecule has 0 unspecified atom stereocenters. The van der Waals surface area contributed by atoms with E-state index in [1.165, 1.54) is 22.2 Å². The molecule has 0 amide bonds. The van der Waals surface area contributed by atoms with Gasteiger partial charge in [-0.15, -0.1) is 11.3 Å². The first-order valence-electron chi connectivity index (χ1n) is 7.44. The first-order chi connectivity index (χ1) is 10.4. The molecule has 3 heterocycles. The lowest BCUT2D eigenvalue weighted by atomic mass is 9.95. The molecule has 0 spiro atoms. The maximum Gasteiger partial charge on any atom is 0.178 e. The van der Waals surface area contributed by atoms with Gasteiger partial charge in [0.2, 0.25) is 0 Å². The summed E-state index contributed by atoms with van der Waals surface area (Å²) < 4.78 is 23.7. The Balaban J connectivity index is 1.75. The van der Waals surface area contributed by atoms with Crippen LogP contribution in [0, 0.1) is 6.92 Å². The average molecular weight is 339 g/mol. The second kappa shape index (κ2) is 6.14. The lowest BCUT2D eigenvalue weighted by Crippen LogP contribution is -2.34. The van der Waals surface area contributed by atoms with Crippen molar-refractivity contribution in [1.82, 2.24) is 15.1 Å². The predicted octanol–water partition coefficient (Wildman–Crippen LogP) is 2.56. The first-order valence-corrected chi connectivity index (χ1v) is 10.2. The van der Waals surface area contributed by atoms with Crippen molar-refractivity contribution in [3.05, 3.63) is 33.8 Å². The van der Waals surface area contributed by atoms with E-state index in [2.05, 4.69) is 34.2 Å². The number of sulfone groups is 1. The number of hydrogen-bond donors (Lipinski definition) is 1. The van der Waals surface area contributed by atoms with Gasteiger partial charge in [0.15, 0.2) is 9.84 Å². The summed E-state index contributed by atoms with van der Waals surface area (Å²) in [5, 5.41) is 6.87. The van der Waals surface area contributed by atoms with Gasteiger partial charge in [0.25, 0.3) is 0 Å². The molecule has 1 saturated heterocycles. The second-order valence-electron chi connectivity index (χ2n) is 6.01. The summed E-state index contributed by atoms with van der Waals surface area (Å²) in [5.41, 5.74) is 0.773. The summed E-state index contributed by atoms with van der Waals surface area (Å²) in [5.74, 6) is 0.210. The monoisotopic (exact) mass is 339 g/mol. The summed E-state index contributed by atoms with van der Waals surface area (Å²) in [7, 11) is -3.22. The molecule has 2 aromatic rings. The van der Waals surface area contributed by atoms with Crippen LogP contribution in [0.5, 0.6) is 0 Å². The molecule has 0 radical (unpaired) electrons. The van der Waals surface area contributed by atoms with E-state index in [4.69, 9.17) is 0 Å². The largest absolute Gasteiger partial charge is 0.298 e. The van der Waals surface area contributed by atoms with Crippen molar-refractivity contribution in [2.45, 2.75) is 37.1 Å². The van der Waals surface area contributed by atoms with Gasteiger partial charge in [-0.1, -0.05) is 0 Å². The number of aryl methyl sites for hydroxylation is 1. The van der Waals surface area contributed by atoms with Crippen molar-refractivity contribution >= 4 is 21.2 Å². The molecular formula is C15H21N3O2S2. The Bertz CT molecular complexity index is 748. The van der Waals surface area contributed by atoms with Crippen LogP contribution in [0.3, 0.4) is 0 Å². The molecule has 1 aliphatic rings. The fourth-order valence-electron chi connectivity index (χ4n) is 3.10. The third-order valence-corrected chi connectivity index (χ3v) is 6.23. The van der Waals surface area contributed by atoms with Gasteiger partial charge in [0.1, 0.15) is 4.90 Å². The van der Waals surface area contributed by atoms with Gasteiger partial charge in [0.05, 0.1) is 11.9 Å². The Morgan fingerprint density at radius 2 is 2.27 bits per heavy atom. The molecule has 2 aromatic heterocycles. The van der Waals surface area contributed by atoms with Crippen LogP contribution < -0.4 is 0 Å². The number of nitrogens with one attached hydrogen (secondary N) is 1. The van der Waals surface area contributed by atoms with E-state index in [1.807, 2.05) is 11.3 Å². The summed E-state index contributed by atoms with van der Waals surface area (Å²) in [6.07, 6.45) is 4.77. The molecule has 7 heteroatoms. The number of thiophene rings is 1. The number of rotatable bonds is 4. The number of piperidine rings is 1. The molecule has 0 bridgehead atoms. The Morgan fingerprint density at radius 1 is 1.45 bits per heavy atom. The SMILES string of the molecule is Cc1ccc(CN2CCC[C@@H](c3[nH]ncc3S(C)(=O)=O)C2)s1. The van der Waals surface area contributed by atoms with Crippen LogP contribution in [0.15, 0.2) is 23.2 Å². The molecule has 1 atom stereocenters. The van der Waals surface area contributed by atoms with Gasteiger partial charge in [-0.25, -0.2) is 8.42 Å². The van der Waals surface area contributed by atoms with Crippen LogP contribution in [0.4, 0.5) is 0 Å². The zero-order chi connectivity index (χ0) is 15.7. The van der Waals surface area contributed by atoms with E-state index >= 15 is 0 Å². The fraction of sp³-hybridized carbons (Fsp3) is 0.533. The minimum atomic E-state index is -3.22. The number of H-pyrrole nitrogens is 1. The number of aromatic amines is 1. The fourth-order valence-corrected chi connectivity index (χ4v) is 4.89. The molecule has 0 aliphatic carbocycles. The Labute approximate surface area is 135 Å². The number of nitrogens with zero attached hydrogens (tertiary/aromatic N) is 2. The molecule has 3 rings (SSSR count). The van der Waals surface area contributed by atoms with Crippen molar-refractivity contribution < 1.29 is 8.42 Å². The lowest BCUT2D eigenvalue weighted by Gasteiger charge is -2.32. The summed E-state index contributed by atoms with van der Waals surface area (Å²) >= 11 is 1.83. The highest BCUT2D eigenvalue weighted by molar-refractivity contribution is 7.90. The van der Waals surface area contributed by atoms with Crippen LogP contribution in [-0.2, 0) is 16.4 Å². The van der Waals surface area contributed by atoms with Gasteiger partial charge >= 0.3 is 0 Å². The van der Waals surface area contributed by atoms with Gasteiger partial charge in [-0.2, -0.15) is 5.10 Å². The van der Waals surface area contributed by atoms with E-state index in [0.29, 0.717) is 4.90 Å². The Morgan fingerprint density at radius 3 is 2.95 bits per heavy atom. The zero-order valence-corrected chi connectivity index (χ0v) is 14.5. The van der Waals surface area contributed by atoms with E-state index in [0.717, 1.165) is 38.2 Å². The second-order valence-corrected chi connectivity index (χ2v) is 9.36. The maximum absolute atomic E-state index is 11.9.